The van der Waals surface area contributed by atoms with E-state index >= 15 is 0 Å². The van der Waals surface area contributed by atoms with Gasteiger partial charge in [-0.1, -0.05) is 6.92 Å². The van der Waals surface area contributed by atoms with E-state index in [1.54, 1.807) is 6.07 Å². The number of ether oxygens (including phenoxy) is 2. The largest absolute Gasteiger partial charge is 0.493 e. The van der Waals surface area contributed by atoms with Crippen molar-refractivity contribution in [3.05, 3.63) is 18.2 Å². The Bertz CT molecular complexity index is 884. The Morgan fingerprint density at radius 1 is 1.12 bits per heavy atom. The van der Waals surface area contributed by atoms with Crippen LogP contribution in [-0.4, -0.2) is 76.5 Å². The van der Waals surface area contributed by atoms with Crippen LogP contribution in [0.4, 0.5) is 0 Å². The topological polar surface area (TPSA) is 88.2 Å². The summed E-state index contributed by atoms with van der Waals surface area (Å²) in [5, 5.41) is 3.15. The Labute approximate surface area is 192 Å². The molecular formula is C23H37N3O5S. The van der Waals surface area contributed by atoms with Crippen molar-refractivity contribution < 1.29 is 22.7 Å². The number of sulfonamides is 1. The zero-order valence-electron chi connectivity index (χ0n) is 19.7. The quantitative estimate of drug-likeness (QED) is 0.631. The molecule has 2 heterocycles. The Hall–Kier alpha value is -1.84. The van der Waals surface area contributed by atoms with E-state index < -0.39 is 10.0 Å². The summed E-state index contributed by atoms with van der Waals surface area (Å²) in [6.07, 6.45) is 3.54. The second-order valence-electron chi connectivity index (χ2n) is 9.11. The van der Waals surface area contributed by atoms with E-state index in [0.29, 0.717) is 43.3 Å². The number of carbonyl (C=O) groups excluding carboxylic acids is 1. The van der Waals surface area contributed by atoms with Gasteiger partial charge >= 0.3 is 0 Å². The highest BCUT2D eigenvalue weighted by Crippen LogP contribution is 2.32. The van der Waals surface area contributed by atoms with Crippen molar-refractivity contribution in [3.8, 4) is 11.5 Å². The normalized spacial score (nSPS) is 22.3. The highest BCUT2D eigenvalue weighted by atomic mass is 32.2. The number of carbonyl (C=O) groups is 1. The first-order chi connectivity index (χ1) is 15.2. The standard InChI is InChI=1S/C23H37N3O5S/c1-17-6-5-11-25(15-17)16-18(2)24-23(27)19-9-12-26(13-10-19)32(28,29)20-7-8-21(30-3)22(14-20)31-4/h7-8,14,17-19H,5-6,9-13,15-16H2,1-4H3,(H,24,27). The number of benzene rings is 1. The van der Waals surface area contributed by atoms with Gasteiger partial charge in [0.15, 0.2) is 11.5 Å². The summed E-state index contributed by atoms with van der Waals surface area (Å²) in [7, 11) is -0.670. The molecule has 2 aliphatic rings. The van der Waals surface area contributed by atoms with Crippen molar-refractivity contribution in [3.63, 3.8) is 0 Å². The van der Waals surface area contributed by atoms with Crippen LogP contribution in [0.25, 0.3) is 0 Å². The van der Waals surface area contributed by atoms with Crippen LogP contribution in [0.3, 0.4) is 0 Å². The predicted octanol–water partition coefficient (Wildman–Crippen LogP) is 2.34. The predicted molar refractivity (Wildman–Crippen MR) is 123 cm³/mol. The molecule has 1 amide bonds. The van der Waals surface area contributed by atoms with Gasteiger partial charge in [0.05, 0.1) is 19.1 Å². The second kappa shape index (κ2) is 10.9. The SMILES string of the molecule is COc1ccc(S(=O)(=O)N2CCC(C(=O)NC(C)CN3CCCC(C)C3)CC2)cc1OC. The summed E-state index contributed by atoms with van der Waals surface area (Å²) in [5.74, 6) is 1.44. The summed E-state index contributed by atoms with van der Waals surface area (Å²) in [4.78, 5) is 15.4. The van der Waals surface area contributed by atoms with E-state index in [-0.39, 0.29) is 22.8 Å². The minimum absolute atomic E-state index is 0.0331. The highest BCUT2D eigenvalue weighted by molar-refractivity contribution is 7.89. The summed E-state index contributed by atoms with van der Waals surface area (Å²) < 4.78 is 38.1. The Morgan fingerprint density at radius 2 is 1.81 bits per heavy atom. The van der Waals surface area contributed by atoms with E-state index in [1.807, 2.05) is 6.92 Å². The highest BCUT2D eigenvalue weighted by Gasteiger charge is 2.33. The Kier molecular flexibility index (Phi) is 8.41. The van der Waals surface area contributed by atoms with Crippen LogP contribution < -0.4 is 14.8 Å². The molecule has 9 heteroatoms. The van der Waals surface area contributed by atoms with Crippen LogP contribution in [0.1, 0.15) is 39.5 Å². The zero-order valence-corrected chi connectivity index (χ0v) is 20.5. The molecule has 32 heavy (non-hydrogen) atoms. The third-order valence-corrected chi connectivity index (χ3v) is 8.37. The molecule has 180 valence electrons. The molecule has 2 saturated heterocycles. The smallest absolute Gasteiger partial charge is 0.243 e. The van der Waals surface area contributed by atoms with Crippen LogP contribution in [0.2, 0.25) is 0 Å². The first kappa shape index (κ1) is 24.8. The number of hydrogen-bond donors (Lipinski definition) is 1. The van der Waals surface area contributed by atoms with E-state index in [9.17, 15) is 13.2 Å². The molecule has 0 spiro atoms. The minimum Gasteiger partial charge on any atom is -0.493 e. The average Bonchev–Trinajstić information content (AvgIpc) is 2.78. The number of likely N-dealkylation sites (tertiary alicyclic amines) is 1. The van der Waals surface area contributed by atoms with Gasteiger partial charge in [0.25, 0.3) is 0 Å². The monoisotopic (exact) mass is 467 g/mol. The maximum absolute atomic E-state index is 13.1. The fourth-order valence-electron chi connectivity index (χ4n) is 4.73. The summed E-state index contributed by atoms with van der Waals surface area (Å²) >= 11 is 0. The van der Waals surface area contributed by atoms with Crippen molar-refractivity contribution >= 4 is 15.9 Å². The number of rotatable bonds is 8. The first-order valence-corrected chi connectivity index (χ1v) is 12.9. The van der Waals surface area contributed by atoms with Gasteiger partial charge in [-0.25, -0.2) is 8.42 Å². The average molecular weight is 468 g/mol. The molecule has 2 fully saturated rings. The van der Waals surface area contributed by atoms with Gasteiger partial charge in [-0.05, 0) is 57.2 Å². The first-order valence-electron chi connectivity index (χ1n) is 11.5. The second-order valence-corrected chi connectivity index (χ2v) is 11.0. The van der Waals surface area contributed by atoms with Crippen LogP contribution in [-0.2, 0) is 14.8 Å². The van der Waals surface area contributed by atoms with Crippen molar-refractivity contribution in [2.24, 2.45) is 11.8 Å². The number of amides is 1. The molecular weight excluding hydrogens is 430 g/mol. The van der Waals surface area contributed by atoms with Gasteiger partial charge in [0, 0.05) is 44.2 Å². The Morgan fingerprint density at radius 3 is 2.44 bits per heavy atom. The van der Waals surface area contributed by atoms with Gasteiger partial charge in [0.2, 0.25) is 15.9 Å². The van der Waals surface area contributed by atoms with E-state index in [4.69, 9.17) is 9.47 Å². The lowest BCUT2D eigenvalue weighted by Crippen LogP contribution is -2.48. The molecule has 1 aromatic carbocycles. The molecule has 0 saturated carbocycles. The maximum atomic E-state index is 13.1. The van der Waals surface area contributed by atoms with Gasteiger partial charge in [-0.3, -0.25) is 4.79 Å². The van der Waals surface area contributed by atoms with Crippen molar-refractivity contribution in [2.45, 2.75) is 50.5 Å². The molecule has 0 aliphatic carbocycles. The summed E-state index contributed by atoms with van der Waals surface area (Å²) in [6.45, 7) is 8.03. The van der Waals surface area contributed by atoms with E-state index in [1.165, 1.54) is 43.5 Å². The fourth-order valence-corrected chi connectivity index (χ4v) is 6.22. The number of methoxy groups -OCH3 is 2. The van der Waals surface area contributed by atoms with Crippen molar-refractivity contribution in [1.82, 2.24) is 14.5 Å². The molecule has 2 aliphatic heterocycles. The molecule has 0 radical (unpaired) electrons. The van der Waals surface area contributed by atoms with Gasteiger partial charge < -0.3 is 19.7 Å². The van der Waals surface area contributed by atoms with Crippen LogP contribution in [0.5, 0.6) is 11.5 Å². The van der Waals surface area contributed by atoms with Gasteiger partial charge in [-0.2, -0.15) is 4.31 Å². The molecule has 2 unspecified atom stereocenters. The lowest BCUT2D eigenvalue weighted by atomic mass is 9.96. The molecule has 3 rings (SSSR count). The summed E-state index contributed by atoms with van der Waals surface area (Å²) in [5.41, 5.74) is 0. The van der Waals surface area contributed by atoms with Gasteiger partial charge in [-0.15, -0.1) is 0 Å². The lowest BCUT2D eigenvalue weighted by Gasteiger charge is -2.34. The van der Waals surface area contributed by atoms with Crippen LogP contribution in [0, 0.1) is 11.8 Å². The minimum atomic E-state index is -3.66. The van der Waals surface area contributed by atoms with Gasteiger partial charge in [0.1, 0.15) is 0 Å². The van der Waals surface area contributed by atoms with Crippen LogP contribution >= 0.6 is 0 Å². The molecule has 1 N–H and O–H groups in total. The van der Waals surface area contributed by atoms with Crippen molar-refractivity contribution in [1.29, 1.82) is 0 Å². The summed E-state index contributed by atoms with van der Waals surface area (Å²) in [6, 6.07) is 4.69. The zero-order chi connectivity index (χ0) is 23.3. The van der Waals surface area contributed by atoms with E-state index in [2.05, 4.69) is 17.1 Å². The van der Waals surface area contributed by atoms with Crippen LogP contribution in [0.15, 0.2) is 23.1 Å². The number of nitrogens with one attached hydrogen (secondary N) is 1. The molecule has 1 aromatic rings. The molecule has 0 bridgehead atoms. The fraction of sp³-hybridized carbons (Fsp3) is 0.696. The lowest BCUT2D eigenvalue weighted by molar-refractivity contribution is -0.126. The van der Waals surface area contributed by atoms with Crippen molar-refractivity contribution in [2.75, 3.05) is 46.9 Å². The molecule has 2 atom stereocenters. The number of piperidine rings is 2. The molecule has 8 nitrogen and oxygen atoms in total. The molecule has 0 aromatic heterocycles. The number of hydrogen-bond acceptors (Lipinski definition) is 6. The third kappa shape index (κ3) is 5.94. The number of nitrogens with zero attached hydrogens (tertiary/aromatic N) is 2. The maximum Gasteiger partial charge on any atom is 0.243 e. The Balaban J connectivity index is 1.53. The third-order valence-electron chi connectivity index (χ3n) is 6.48. The van der Waals surface area contributed by atoms with E-state index in [0.717, 1.165) is 19.6 Å².